The number of fused-ring (bicyclic) bond motifs is 1. The van der Waals surface area contributed by atoms with Crippen LogP contribution in [0, 0.1) is 0 Å². The van der Waals surface area contributed by atoms with Crippen LogP contribution in [0.2, 0.25) is 0 Å². The minimum absolute atomic E-state index is 0.175. The second kappa shape index (κ2) is 8.82. The van der Waals surface area contributed by atoms with Crippen LogP contribution in [0.4, 0.5) is 5.69 Å². The van der Waals surface area contributed by atoms with Gasteiger partial charge in [-0.15, -0.1) is 10.2 Å². The smallest absolute Gasteiger partial charge is 0.271 e. The molecule has 0 atom stereocenters. The molecule has 11 heteroatoms. The lowest BCUT2D eigenvalue weighted by molar-refractivity contribution is -0.113. The van der Waals surface area contributed by atoms with E-state index in [1.165, 1.54) is 18.1 Å². The number of benzene rings is 1. The number of hydrogen-bond acceptors (Lipinski definition) is 8. The molecule has 3 aromatic rings. The third-order valence-corrected chi connectivity index (χ3v) is 4.97. The van der Waals surface area contributed by atoms with Crippen LogP contribution in [-0.4, -0.2) is 50.7 Å². The Balaban J connectivity index is 1.31. The monoisotopic (exact) mass is 426 g/mol. The SMILES string of the molecule is CCNC(=O)c1cn(-c2ccc(SCC(=O)Nc3ccc4c(c3)OCO4)nn2)cn1. The highest BCUT2D eigenvalue weighted by molar-refractivity contribution is 7.99. The second-order valence-electron chi connectivity index (χ2n) is 6.16. The Bertz CT molecular complexity index is 1070. The fourth-order valence-corrected chi connectivity index (χ4v) is 3.27. The number of imidazole rings is 1. The van der Waals surface area contributed by atoms with Gasteiger partial charge in [0, 0.05) is 24.5 Å². The molecule has 0 spiro atoms. The summed E-state index contributed by atoms with van der Waals surface area (Å²) < 4.78 is 12.2. The van der Waals surface area contributed by atoms with E-state index in [0.717, 1.165) is 0 Å². The van der Waals surface area contributed by atoms with E-state index in [1.54, 1.807) is 41.1 Å². The van der Waals surface area contributed by atoms with Crippen molar-refractivity contribution in [1.29, 1.82) is 0 Å². The van der Waals surface area contributed by atoms with Crippen molar-refractivity contribution in [3.63, 3.8) is 0 Å². The van der Waals surface area contributed by atoms with Crippen LogP contribution in [-0.2, 0) is 4.79 Å². The lowest BCUT2D eigenvalue weighted by atomic mass is 10.3. The van der Waals surface area contributed by atoms with Gasteiger partial charge in [0.2, 0.25) is 12.7 Å². The molecule has 1 aliphatic rings. The molecule has 0 bridgehead atoms. The average Bonchev–Trinajstić information content (AvgIpc) is 3.42. The molecule has 1 aliphatic heterocycles. The Labute approximate surface area is 176 Å². The van der Waals surface area contributed by atoms with E-state index in [-0.39, 0.29) is 24.4 Å². The van der Waals surface area contributed by atoms with Crippen molar-refractivity contribution in [2.24, 2.45) is 0 Å². The number of anilines is 1. The fourth-order valence-electron chi connectivity index (χ4n) is 2.66. The number of thioether (sulfide) groups is 1. The summed E-state index contributed by atoms with van der Waals surface area (Å²) in [5.41, 5.74) is 0.937. The van der Waals surface area contributed by atoms with Gasteiger partial charge in [-0.25, -0.2) is 4.98 Å². The van der Waals surface area contributed by atoms with E-state index in [4.69, 9.17) is 9.47 Å². The largest absolute Gasteiger partial charge is 0.454 e. The molecule has 4 rings (SSSR count). The predicted molar refractivity (Wildman–Crippen MR) is 109 cm³/mol. The van der Waals surface area contributed by atoms with Crippen molar-refractivity contribution in [2.75, 3.05) is 24.4 Å². The van der Waals surface area contributed by atoms with E-state index in [2.05, 4.69) is 25.8 Å². The van der Waals surface area contributed by atoms with Crippen LogP contribution in [0.15, 0.2) is 47.9 Å². The highest BCUT2D eigenvalue weighted by Crippen LogP contribution is 2.34. The molecule has 0 saturated heterocycles. The molecule has 2 aromatic heterocycles. The maximum Gasteiger partial charge on any atom is 0.271 e. The minimum atomic E-state index is -0.246. The zero-order valence-corrected chi connectivity index (χ0v) is 16.8. The molecule has 154 valence electrons. The summed E-state index contributed by atoms with van der Waals surface area (Å²) in [5.74, 6) is 1.54. The summed E-state index contributed by atoms with van der Waals surface area (Å²) in [6, 6.07) is 8.73. The molecule has 2 amide bonds. The number of hydrogen-bond donors (Lipinski definition) is 2. The first-order valence-corrected chi connectivity index (χ1v) is 10.1. The third kappa shape index (κ3) is 4.51. The quantitative estimate of drug-likeness (QED) is 0.550. The van der Waals surface area contributed by atoms with Gasteiger partial charge in [-0.2, -0.15) is 0 Å². The third-order valence-electron chi connectivity index (χ3n) is 4.05. The standard InChI is InChI=1S/C19H18N6O4S/c1-2-20-19(27)13-8-25(10-21-13)16-5-6-18(24-23-16)30-9-17(26)22-12-3-4-14-15(7-12)29-11-28-14/h3-8,10H,2,9,11H2,1H3,(H,20,27)(H,22,26). The number of aromatic nitrogens is 4. The van der Waals surface area contributed by atoms with E-state index < -0.39 is 0 Å². The van der Waals surface area contributed by atoms with Gasteiger partial charge < -0.3 is 20.1 Å². The Morgan fingerprint density at radius 3 is 2.83 bits per heavy atom. The number of rotatable bonds is 7. The van der Waals surface area contributed by atoms with Gasteiger partial charge >= 0.3 is 0 Å². The molecule has 0 unspecified atom stereocenters. The van der Waals surface area contributed by atoms with Gasteiger partial charge in [-0.1, -0.05) is 11.8 Å². The molecule has 3 heterocycles. The molecule has 1 aromatic carbocycles. The Hall–Kier alpha value is -3.60. The fraction of sp³-hybridized carbons (Fsp3) is 0.211. The first-order chi connectivity index (χ1) is 14.6. The van der Waals surface area contributed by atoms with E-state index >= 15 is 0 Å². The van der Waals surface area contributed by atoms with Crippen LogP contribution < -0.4 is 20.1 Å². The van der Waals surface area contributed by atoms with Crippen LogP contribution in [0.3, 0.4) is 0 Å². The first kappa shape index (κ1) is 19.7. The van der Waals surface area contributed by atoms with Crippen molar-refractivity contribution in [3.8, 4) is 17.3 Å². The molecule has 30 heavy (non-hydrogen) atoms. The van der Waals surface area contributed by atoms with Crippen molar-refractivity contribution in [1.82, 2.24) is 25.1 Å². The molecule has 0 fully saturated rings. The molecular weight excluding hydrogens is 408 g/mol. The molecule has 2 N–H and O–H groups in total. The van der Waals surface area contributed by atoms with E-state index in [0.29, 0.717) is 40.3 Å². The van der Waals surface area contributed by atoms with E-state index in [1.807, 2.05) is 6.92 Å². The first-order valence-electron chi connectivity index (χ1n) is 9.11. The Morgan fingerprint density at radius 1 is 1.17 bits per heavy atom. The van der Waals surface area contributed by atoms with Crippen LogP contribution in [0.1, 0.15) is 17.4 Å². The zero-order valence-electron chi connectivity index (χ0n) is 16.0. The summed E-state index contributed by atoms with van der Waals surface area (Å²) in [7, 11) is 0. The molecule has 0 aliphatic carbocycles. The highest BCUT2D eigenvalue weighted by atomic mass is 32.2. The van der Waals surface area contributed by atoms with Crippen molar-refractivity contribution >= 4 is 29.3 Å². The van der Waals surface area contributed by atoms with Gasteiger partial charge in [-0.05, 0) is 31.2 Å². The number of nitrogens with one attached hydrogen (secondary N) is 2. The predicted octanol–water partition coefficient (Wildman–Crippen LogP) is 1.87. The number of nitrogens with zero attached hydrogens (tertiary/aromatic N) is 4. The summed E-state index contributed by atoms with van der Waals surface area (Å²) in [5, 5.41) is 14.3. The van der Waals surface area contributed by atoms with Crippen molar-refractivity contribution in [3.05, 3.63) is 48.5 Å². The number of amides is 2. The summed E-state index contributed by atoms with van der Waals surface area (Å²) in [6.07, 6.45) is 3.08. The summed E-state index contributed by atoms with van der Waals surface area (Å²) in [6.45, 7) is 2.55. The summed E-state index contributed by atoms with van der Waals surface area (Å²) in [4.78, 5) is 28.1. The molecule has 10 nitrogen and oxygen atoms in total. The Kier molecular flexibility index (Phi) is 5.80. The van der Waals surface area contributed by atoms with E-state index in [9.17, 15) is 9.59 Å². The van der Waals surface area contributed by atoms with Gasteiger partial charge in [0.25, 0.3) is 5.91 Å². The lowest BCUT2D eigenvalue weighted by Crippen LogP contribution is -2.22. The zero-order chi connectivity index (χ0) is 20.9. The second-order valence-corrected chi connectivity index (χ2v) is 7.16. The number of carbonyl (C=O) groups excluding carboxylic acids is 2. The van der Waals surface area contributed by atoms with Gasteiger partial charge in [-0.3, -0.25) is 14.2 Å². The average molecular weight is 426 g/mol. The van der Waals surface area contributed by atoms with Crippen molar-refractivity contribution < 1.29 is 19.1 Å². The Morgan fingerprint density at radius 2 is 2.03 bits per heavy atom. The van der Waals surface area contributed by atoms with Crippen LogP contribution in [0.25, 0.3) is 5.82 Å². The topological polar surface area (TPSA) is 120 Å². The molecule has 0 saturated carbocycles. The van der Waals surface area contributed by atoms with Crippen LogP contribution in [0.5, 0.6) is 11.5 Å². The van der Waals surface area contributed by atoms with Crippen molar-refractivity contribution in [2.45, 2.75) is 11.9 Å². The maximum absolute atomic E-state index is 12.2. The minimum Gasteiger partial charge on any atom is -0.454 e. The number of ether oxygens (including phenoxy) is 2. The van der Waals surface area contributed by atoms with Gasteiger partial charge in [0.15, 0.2) is 17.3 Å². The highest BCUT2D eigenvalue weighted by Gasteiger charge is 2.14. The normalized spacial score (nSPS) is 11.9. The van der Waals surface area contributed by atoms with Gasteiger partial charge in [0.1, 0.15) is 17.0 Å². The van der Waals surface area contributed by atoms with Gasteiger partial charge in [0.05, 0.1) is 5.75 Å². The lowest BCUT2D eigenvalue weighted by Gasteiger charge is -2.06. The maximum atomic E-state index is 12.2. The molecule has 0 radical (unpaired) electrons. The van der Waals surface area contributed by atoms with Crippen LogP contribution >= 0.6 is 11.8 Å². The number of carbonyl (C=O) groups is 2. The molecular formula is C19H18N6O4S. The summed E-state index contributed by atoms with van der Waals surface area (Å²) >= 11 is 1.26.